The van der Waals surface area contributed by atoms with Gasteiger partial charge in [0, 0.05) is 3.57 Å². The largest absolute Gasteiger partial charge is 0.507 e. The van der Waals surface area contributed by atoms with Gasteiger partial charge in [-0.2, -0.15) is 0 Å². The Bertz CT molecular complexity index is 298. The van der Waals surface area contributed by atoms with Crippen molar-refractivity contribution < 1.29 is 9.90 Å². The summed E-state index contributed by atoms with van der Waals surface area (Å²) < 4.78 is 0.887. The van der Waals surface area contributed by atoms with Crippen molar-refractivity contribution in [3.8, 4) is 5.75 Å². The highest BCUT2D eigenvalue weighted by Crippen LogP contribution is 2.20. The summed E-state index contributed by atoms with van der Waals surface area (Å²) in [6.45, 7) is 0. The van der Waals surface area contributed by atoms with Gasteiger partial charge in [-0.1, -0.05) is 0 Å². The van der Waals surface area contributed by atoms with Crippen LogP contribution in [0, 0.1) is 3.57 Å². The monoisotopic (exact) mass is 280 g/mol. The van der Waals surface area contributed by atoms with Crippen molar-refractivity contribution >= 4 is 40.3 Å². The Morgan fingerprint density at radius 2 is 2.18 bits per heavy atom. The molecule has 0 bridgehead atoms. The van der Waals surface area contributed by atoms with E-state index in [2.05, 4.69) is 12.6 Å². The average Bonchev–Trinajstić information content (AvgIpc) is 1.85. The lowest BCUT2D eigenvalue weighted by Crippen LogP contribution is -1.89. The van der Waals surface area contributed by atoms with Crippen molar-refractivity contribution in [2.45, 2.75) is 0 Å². The number of phenols is 1. The molecule has 1 aromatic rings. The van der Waals surface area contributed by atoms with E-state index in [4.69, 9.17) is 0 Å². The summed E-state index contributed by atoms with van der Waals surface area (Å²) >= 11 is 5.64. The van der Waals surface area contributed by atoms with Crippen LogP contribution in [0.5, 0.6) is 5.75 Å². The van der Waals surface area contributed by atoms with Gasteiger partial charge in [0.15, 0.2) is 0 Å². The van der Waals surface area contributed by atoms with E-state index in [0.717, 1.165) is 3.57 Å². The number of hydrogen-bond donors (Lipinski definition) is 2. The van der Waals surface area contributed by atoms with E-state index in [1.165, 1.54) is 6.07 Å². The standard InChI is InChI=1S/C7H5IO2S/c8-4-1-2-5(7(10)11)6(9)3-4/h1-3,9H,(H,10,11). The van der Waals surface area contributed by atoms with Crippen LogP contribution in [0.3, 0.4) is 0 Å². The Morgan fingerprint density at radius 1 is 1.55 bits per heavy atom. The highest BCUT2D eigenvalue weighted by Gasteiger charge is 2.05. The maximum atomic E-state index is 10.7. The molecule has 1 aromatic carbocycles. The number of benzene rings is 1. The molecule has 0 aliphatic heterocycles. The Hall–Kier alpha value is -0.230. The summed E-state index contributed by atoms with van der Waals surface area (Å²) in [4.78, 5) is 10.7. The van der Waals surface area contributed by atoms with Crippen LogP contribution in [-0.2, 0) is 0 Å². The van der Waals surface area contributed by atoms with E-state index in [1.54, 1.807) is 12.1 Å². The number of phenolic OH excluding ortho intramolecular Hbond substituents is 1. The molecular weight excluding hydrogens is 275 g/mol. The second-order valence-electron chi connectivity index (χ2n) is 1.97. The molecule has 0 saturated carbocycles. The van der Waals surface area contributed by atoms with Gasteiger partial charge in [-0.15, -0.1) is 12.6 Å². The molecule has 0 amide bonds. The van der Waals surface area contributed by atoms with Crippen molar-refractivity contribution in [2.75, 3.05) is 0 Å². The van der Waals surface area contributed by atoms with E-state index in [-0.39, 0.29) is 11.3 Å². The molecule has 0 radical (unpaired) electrons. The summed E-state index contributed by atoms with van der Waals surface area (Å²) in [5.74, 6) is -0.0168. The lowest BCUT2D eigenvalue weighted by molar-refractivity contribution is 0.108. The van der Waals surface area contributed by atoms with E-state index in [9.17, 15) is 9.90 Å². The molecule has 0 aliphatic rings. The van der Waals surface area contributed by atoms with Crippen molar-refractivity contribution in [1.29, 1.82) is 0 Å². The molecule has 0 heterocycles. The number of aromatic hydroxyl groups is 1. The molecule has 0 aromatic heterocycles. The number of hydrogen-bond acceptors (Lipinski definition) is 2. The molecular formula is C7H5IO2S. The highest BCUT2D eigenvalue weighted by molar-refractivity contribution is 14.1. The average molecular weight is 280 g/mol. The van der Waals surface area contributed by atoms with Gasteiger partial charge in [0.2, 0.25) is 5.12 Å². The first-order chi connectivity index (χ1) is 5.11. The number of halogens is 1. The topological polar surface area (TPSA) is 37.3 Å². The lowest BCUT2D eigenvalue weighted by Gasteiger charge is -1.98. The minimum atomic E-state index is -0.418. The van der Waals surface area contributed by atoms with Gasteiger partial charge in [0.05, 0.1) is 5.56 Å². The zero-order valence-corrected chi connectivity index (χ0v) is 8.46. The molecule has 0 unspecified atom stereocenters. The third-order valence-electron chi connectivity index (χ3n) is 1.19. The molecule has 0 saturated heterocycles. The van der Waals surface area contributed by atoms with E-state index >= 15 is 0 Å². The zero-order chi connectivity index (χ0) is 8.43. The maximum Gasteiger partial charge on any atom is 0.220 e. The minimum Gasteiger partial charge on any atom is -0.507 e. The van der Waals surface area contributed by atoms with Crippen molar-refractivity contribution in [3.05, 3.63) is 27.3 Å². The van der Waals surface area contributed by atoms with Gasteiger partial charge in [0.1, 0.15) is 5.75 Å². The quantitative estimate of drug-likeness (QED) is 0.610. The van der Waals surface area contributed by atoms with Gasteiger partial charge in [-0.25, -0.2) is 0 Å². The van der Waals surface area contributed by atoms with E-state index < -0.39 is 5.12 Å². The molecule has 58 valence electrons. The maximum absolute atomic E-state index is 10.7. The van der Waals surface area contributed by atoms with Gasteiger partial charge in [0.25, 0.3) is 0 Å². The molecule has 1 rings (SSSR count). The van der Waals surface area contributed by atoms with E-state index in [1.807, 2.05) is 22.6 Å². The first kappa shape index (κ1) is 8.86. The molecule has 0 fully saturated rings. The van der Waals surface area contributed by atoms with Crippen LogP contribution in [0.1, 0.15) is 10.4 Å². The predicted octanol–water partition coefficient (Wildman–Crippen LogP) is 2.07. The molecule has 0 aliphatic carbocycles. The van der Waals surface area contributed by atoms with Crippen LogP contribution >= 0.6 is 35.2 Å². The Kier molecular flexibility index (Phi) is 2.78. The molecule has 2 nitrogen and oxygen atoms in total. The van der Waals surface area contributed by atoms with Gasteiger partial charge in [-0.05, 0) is 40.8 Å². The first-order valence-corrected chi connectivity index (χ1v) is 4.35. The summed E-state index contributed by atoms with van der Waals surface area (Å²) in [5.41, 5.74) is 0.244. The number of carbonyl (C=O) groups is 1. The number of thiol groups is 1. The van der Waals surface area contributed by atoms with Crippen LogP contribution in [0.2, 0.25) is 0 Å². The Balaban J connectivity index is 3.20. The van der Waals surface area contributed by atoms with Crippen LogP contribution in [-0.4, -0.2) is 10.2 Å². The van der Waals surface area contributed by atoms with Crippen LogP contribution in [0.4, 0.5) is 0 Å². The van der Waals surface area contributed by atoms with Gasteiger partial charge < -0.3 is 5.11 Å². The lowest BCUT2D eigenvalue weighted by atomic mass is 10.2. The van der Waals surface area contributed by atoms with Crippen molar-refractivity contribution in [1.82, 2.24) is 0 Å². The van der Waals surface area contributed by atoms with Crippen LogP contribution in [0.25, 0.3) is 0 Å². The second-order valence-corrected chi connectivity index (χ2v) is 3.62. The first-order valence-electron chi connectivity index (χ1n) is 2.83. The SMILES string of the molecule is O=C(S)c1ccc(I)cc1O. The van der Waals surface area contributed by atoms with Crippen molar-refractivity contribution in [3.63, 3.8) is 0 Å². The third kappa shape index (κ3) is 2.10. The fourth-order valence-electron chi connectivity index (χ4n) is 0.686. The molecule has 0 spiro atoms. The third-order valence-corrected chi connectivity index (χ3v) is 2.10. The van der Waals surface area contributed by atoms with Crippen LogP contribution in [0.15, 0.2) is 18.2 Å². The number of carbonyl (C=O) groups excluding carboxylic acids is 1. The van der Waals surface area contributed by atoms with E-state index in [0.29, 0.717) is 0 Å². The fraction of sp³-hybridized carbons (Fsp3) is 0. The Morgan fingerprint density at radius 3 is 2.64 bits per heavy atom. The zero-order valence-electron chi connectivity index (χ0n) is 5.41. The second kappa shape index (κ2) is 3.44. The summed E-state index contributed by atoms with van der Waals surface area (Å²) in [6, 6.07) is 4.81. The van der Waals surface area contributed by atoms with Gasteiger partial charge >= 0.3 is 0 Å². The molecule has 11 heavy (non-hydrogen) atoms. The highest BCUT2D eigenvalue weighted by atomic mass is 127. The molecule has 4 heteroatoms. The smallest absolute Gasteiger partial charge is 0.220 e. The van der Waals surface area contributed by atoms with Crippen LogP contribution < -0.4 is 0 Å². The normalized spacial score (nSPS) is 9.64. The number of rotatable bonds is 1. The molecule has 0 atom stereocenters. The summed E-state index contributed by atoms with van der Waals surface area (Å²) in [6.07, 6.45) is 0. The summed E-state index contributed by atoms with van der Waals surface area (Å²) in [5, 5.41) is 8.77. The minimum absolute atomic E-state index is 0.0168. The van der Waals surface area contributed by atoms with Crippen molar-refractivity contribution in [2.24, 2.45) is 0 Å². The van der Waals surface area contributed by atoms with Gasteiger partial charge in [-0.3, -0.25) is 4.79 Å². The predicted molar refractivity (Wildman–Crippen MR) is 54.1 cm³/mol. The Labute approximate surface area is 83.2 Å². The summed E-state index contributed by atoms with van der Waals surface area (Å²) in [7, 11) is 0. The fourth-order valence-corrected chi connectivity index (χ4v) is 1.35. The molecule has 1 N–H and O–H groups in total.